The molecule has 0 saturated carbocycles. The molecule has 4 N–H and O–H groups in total. The van der Waals surface area contributed by atoms with Crippen molar-refractivity contribution < 1.29 is 0 Å². The van der Waals surface area contributed by atoms with Gasteiger partial charge in [0.25, 0.3) is 0 Å². The Morgan fingerprint density at radius 2 is 1.69 bits per heavy atom. The highest BCUT2D eigenvalue weighted by atomic mass is 35.5. The zero-order valence-corrected chi connectivity index (χ0v) is 16.2. The predicted molar refractivity (Wildman–Crippen MR) is 120 cm³/mol. The van der Waals surface area contributed by atoms with Gasteiger partial charge in [0, 0.05) is 22.8 Å². The topological polar surface area (TPSA) is 79.6 Å². The molecular formula is C23H18ClN5. The van der Waals surface area contributed by atoms with E-state index in [0.717, 1.165) is 23.2 Å². The first-order valence-corrected chi connectivity index (χ1v) is 9.68. The third-order valence-corrected chi connectivity index (χ3v) is 5.18. The number of benzene rings is 3. The zero-order chi connectivity index (χ0) is 19.8. The van der Waals surface area contributed by atoms with Gasteiger partial charge in [0.1, 0.15) is 11.5 Å². The van der Waals surface area contributed by atoms with Crippen LogP contribution in [0.2, 0.25) is 5.02 Å². The van der Waals surface area contributed by atoms with E-state index in [2.05, 4.69) is 68.8 Å². The largest absolute Gasteiger partial charge is 0.368 e. The van der Waals surface area contributed by atoms with Gasteiger partial charge in [0.05, 0.1) is 5.39 Å². The number of aromatic nitrogens is 3. The lowest BCUT2D eigenvalue weighted by Gasteiger charge is -2.07. The molecule has 5 aromatic rings. The number of rotatable bonds is 4. The van der Waals surface area contributed by atoms with Crippen LogP contribution in [0.1, 0.15) is 11.3 Å². The number of hydrogen-bond acceptors (Lipinski definition) is 4. The number of aromatic amines is 1. The molecule has 5 rings (SSSR count). The highest BCUT2D eigenvalue weighted by Gasteiger charge is 2.12. The Labute approximate surface area is 172 Å². The molecule has 2 heterocycles. The van der Waals surface area contributed by atoms with E-state index in [4.69, 9.17) is 17.3 Å². The molecule has 2 aromatic heterocycles. The van der Waals surface area contributed by atoms with Crippen LogP contribution in [0.15, 0.2) is 72.8 Å². The van der Waals surface area contributed by atoms with Crippen molar-refractivity contribution in [3.05, 3.63) is 89.1 Å². The molecular weight excluding hydrogens is 382 g/mol. The van der Waals surface area contributed by atoms with Crippen LogP contribution in [-0.4, -0.2) is 15.0 Å². The van der Waals surface area contributed by atoms with Gasteiger partial charge >= 0.3 is 0 Å². The normalized spacial score (nSPS) is 11.2. The van der Waals surface area contributed by atoms with E-state index in [1.807, 2.05) is 24.3 Å². The maximum absolute atomic E-state index is 5.98. The summed E-state index contributed by atoms with van der Waals surface area (Å²) in [7, 11) is 0. The molecule has 5 nitrogen and oxygen atoms in total. The van der Waals surface area contributed by atoms with Gasteiger partial charge in [-0.3, -0.25) is 0 Å². The van der Waals surface area contributed by atoms with Crippen LogP contribution in [0.25, 0.3) is 21.8 Å². The number of nitrogens with zero attached hydrogens (tertiary/aromatic N) is 2. The molecule has 142 valence electrons. The number of halogens is 1. The minimum atomic E-state index is 0.215. The summed E-state index contributed by atoms with van der Waals surface area (Å²) < 4.78 is 0. The smallest absolute Gasteiger partial charge is 0.224 e. The molecule has 0 bridgehead atoms. The van der Waals surface area contributed by atoms with Crippen molar-refractivity contribution in [3.63, 3.8) is 0 Å². The van der Waals surface area contributed by atoms with Crippen LogP contribution in [0.3, 0.4) is 0 Å². The van der Waals surface area contributed by atoms with E-state index >= 15 is 0 Å². The first-order chi connectivity index (χ1) is 14.2. The fourth-order valence-corrected chi connectivity index (χ4v) is 3.72. The first-order valence-electron chi connectivity index (χ1n) is 9.30. The molecule has 0 aliphatic rings. The average molecular weight is 400 g/mol. The van der Waals surface area contributed by atoms with Crippen LogP contribution in [0.4, 0.5) is 17.5 Å². The summed E-state index contributed by atoms with van der Waals surface area (Å²) in [5.41, 5.74) is 9.83. The fourth-order valence-electron chi connectivity index (χ4n) is 3.59. The second-order valence-corrected chi connectivity index (χ2v) is 7.37. The highest BCUT2D eigenvalue weighted by molar-refractivity contribution is 6.30. The molecule has 0 amide bonds. The lowest BCUT2D eigenvalue weighted by atomic mass is 10.0. The van der Waals surface area contributed by atoms with E-state index < -0.39 is 0 Å². The van der Waals surface area contributed by atoms with Gasteiger partial charge in [-0.25, -0.2) is 0 Å². The number of fused-ring (bicyclic) bond motifs is 2. The molecule has 6 heteroatoms. The number of hydrogen-bond donors (Lipinski definition) is 3. The SMILES string of the molecule is Nc1nc(Nc2ccc(Cl)cc2)c2cc(Cc3cccc4ccccc34)[nH]c2n1. The molecule has 0 atom stereocenters. The summed E-state index contributed by atoms with van der Waals surface area (Å²) in [5, 5.41) is 7.37. The predicted octanol–water partition coefficient (Wildman–Crippen LogP) is 5.68. The van der Waals surface area contributed by atoms with Crippen molar-refractivity contribution >= 4 is 50.9 Å². The van der Waals surface area contributed by atoms with E-state index in [1.165, 1.54) is 16.3 Å². The Morgan fingerprint density at radius 1 is 0.897 bits per heavy atom. The minimum absolute atomic E-state index is 0.215. The van der Waals surface area contributed by atoms with Gasteiger partial charge in [0.2, 0.25) is 5.95 Å². The number of nitrogen functional groups attached to an aromatic ring is 1. The first kappa shape index (κ1) is 17.5. The number of H-pyrrole nitrogens is 1. The van der Waals surface area contributed by atoms with Gasteiger partial charge in [-0.1, -0.05) is 54.1 Å². The lowest BCUT2D eigenvalue weighted by Crippen LogP contribution is -2.00. The molecule has 0 fully saturated rings. The zero-order valence-electron chi connectivity index (χ0n) is 15.5. The van der Waals surface area contributed by atoms with Crippen molar-refractivity contribution in [2.45, 2.75) is 6.42 Å². The summed E-state index contributed by atoms with van der Waals surface area (Å²) in [6.45, 7) is 0. The summed E-state index contributed by atoms with van der Waals surface area (Å²) in [6.07, 6.45) is 0.762. The van der Waals surface area contributed by atoms with E-state index in [1.54, 1.807) is 0 Å². The third-order valence-electron chi connectivity index (χ3n) is 4.93. The lowest BCUT2D eigenvalue weighted by molar-refractivity contribution is 1.12. The third kappa shape index (κ3) is 3.48. The van der Waals surface area contributed by atoms with E-state index in [-0.39, 0.29) is 5.95 Å². The van der Waals surface area contributed by atoms with Crippen molar-refractivity contribution in [2.24, 2.45) is 0 Å². The second kappa shape index (κ2) is 7.11. The Morgan fingerprint density at radius 3 is 2.55 bits per heavy atom. The Kier molecular flexibility index (Phi) is 4.30. The molecule has 0 saturated heterocycles. The number of nitrogens with one attached hydrogen (secondary N) is 2. The molecule has 3 aromatic carbocycles. The molecule has 0 unspecified atom stereocenters. The summed E-state index contributed by atoms with van der Waals surface area (Å²) in [5.74, 6) is 0.878. The highest BCUT2D eigenvalue weighted by Crippen LogP contribution is 2.28. The second-order valence-electron chi connectivity index (χ2n) is 6.93. The van der Waals surface area contributed by atoms with Gasteiger partial charge in [0.15, 0.2) is 0 Å². The maximum Gasteiger partial charge on any atom is 0.224 e. The van der Waals surface area contributed by atoms with Crippen LogP contribution >= 0.6 is 11.6 Å². The fraction of sp³-hybridized carbons (Fsp3) is 0.0435. The van der Waals surface area contributed by atoms with Gasteiger partial charge in [-0.15, -0.1) is 0 Å². The van der Waals surface area contributed by atoms with Crippen molar-refractivity contribution in [2.75, 3.05) is 11.1 Å². The van der Waals surface area contributed by atoms with Gasteiger partial charge < -0.3 is 16.0 Å². The van der Waals surface area contributed by atoms with Crippen LogP contribution in [0.5, 0.6) is 0 Å². The molecule has 0 aliphatic heterocycles. The van der Waals surface area contributed by atoms with Crippen LogP contribution in [0, 0.1) is 0 Å². The average Bonchev–Trinajstić information content (AvgIpc) is 3.12. The standard InChI is InChI=1S/C23H18ClN5/c24-16-8-10-17(11-9-16)26-21-20-13-18(27-22(20)29-23(25)28-21)12-15-6-3-5-14-4-1-2-7-19(14)15/h1-11,13H,12H2,(H4,25,26,27,28,29). The van der Waals surface area contributed by atoms with Crippen molar-refractivity contribution in [1.29, 1.82) is 0 Å². The maximum atomic E-state index is 5.98. The number of nitrogens with two attached hydrogens (primary N) is 1. The van der Waals surface area contributed by atoms with Crippen molar-refractivity contribution in [3.8, 4) is 0 Å². The summed E-state index contributed by atoms with van der Waals surface area (Å²) in [4.78, 5) is 12.2. The molecule has 29 heavy (non-hydrogen) atoms. The minimum Gasteiger partial charge on any atom is -0.368 e. The molecule has 0 aliphatic carbocycles. The van der Waals surface area contributed by atoms with Gasteiger partial charge in [-0.2, -0.15) is 9.97 Å². The molecule has 0 radical (unpaired) electrons. The van der Waals surface area contributed by atoms with Crippen LogP contribution in [-0.2, 0) is 6.42 Å². The summed E-state index contributed by atoms with van der Waals surface area (Å²) >= 11 is 5.98. The van der Waals surface area contributed by atoms with Gasteiger partial charge in [-0.05, 0) is 46.7 Å². The summed E-state index contributed by atoms with van der Waals surface area (Å²) in [6, 6.07) is 24.3. The quantitative estimate of drug-likeness (QED) is 0.363. The van der Waals surface area contributed by atoms with E-state index in [9.17, 15) is 0 Å². The van der Waals surface area contributed by atoms with Crippen LogP contribution < -0.4 is 11.1 Å². The Balaban J connectivity index is 1.53. The number of anilines is 3. The monoisotopic (exact) mass is 399 g/mol. The van der Waals surface area contributed by atoms with Crippen molar-refractivity contribution in [1.82, 2.24) is 15.0 Å². The Bertz CT molecular complexity index is 1320. The van der Waals surface area contributed by atoms with E-state index in [0.29, 0.717) is 16.5 Å². The Hall–Kier alpha value is -3.57. The molecule has 0 spiro atoms.